The number of fused-ring (bicyclic) bond motifs is 1. The van der Waals surface area contributed by atoms with E-state index in [1.807, 2.05) is 48.7 Å². The van der Waals surface area contributed by atoms with Crippen molar-refractivity contribution in [2.45, 2.75) is 12.5 Å². The average molecular weight is 362 g/mol. The van der Waals surface area contributed by atoms with Crippen LogP contribution in [0.5, 0.6) is 0 Å². The van der Waals surface area contributed by atoms with Crippen LogP contribution in [-0.4, -0.2) is 4.98 Å². The van der Waals surface area contributed by atoms with Crippen LogP contribution in [-0.2, 0) is 6.42 Å². The number of nitrogens with zero attached hydrogens (tertiary/aromatic N) is 1. The minimum atomic E-state index is -0.152. The molecule has 0 spiro atoms. The minimum absolute atomic E-state index is 0.152. The van der Waals surface area contributed by atoms with Crippen molar-refractivity contribution in [2.75, 3.05) is 0 Å². The zero-order valence-electron chi connectivity index (χ0n) is 11.3. The second kappa shape index (κ2) is 6.14. The van der Waals surface area contributed by atoms with E-state index in [0.29, 0.717) is 5.02 Å². The summed E-state index contributed by atoms with van der Waals surface area (Å²) in [5.74, 6) is 0. The van der Waals surface area contributed by atoms with E-state index >= 15 is 0 Å². The molecule has 2 nitrogen and oxygen atoms in total. The molecule has 0 amide bonds. The molecule has 0 bridgehead atoms. The summed E-state index contributed by atoms with van der Waals surface area (Å²) in [4.78, 5) is 4.38. The Labute approximate surface area is 137 Å². The first-order valence-corrected chi connectivity index (χ1v) is 7.86. The number of hydrogen-bond donors (Lipinski definition) is 1. The zero-order chi connectivity index (χ0) is 14.8. The van der Waals surface area contributed by atoms with Gasteiger partial charge < -0.3 is 5.73 Å². The smallest absolute Gasteiger partial charge is 0.0704 e. The Hall–Kier alpha value is -1.42. The fraction of sp³-hybridized carbons (Fsp3) is 0.118. The number of hydrogen-bond acceptors (Lipinski definition) is 2. The molecule has 2 N–H and O–H groups in total. The predicted molar refractivity (Wildman–Crippen MR) is 91.5 cm³/mol. The second-order valence-electron chi connectivity index (χ2n) is 4.94. The highest BCUT2D eigenvalue weighted by atomic mass is 79.9. The minimum Gasteiger partial charge on any atom is -0.324 e. The third-order valence-corrected chi connectivity index (χ3v) is 4.87. The van der Waals surface area contributed by atoms with Gasteiger partial charge in [-0.25, -0.2) is 0 Å². The molecule has 0 fully saturated rings. The van der Waals surface area contributed by atoms with E-state index in [1.54, 1.807) is 0 Å². The predicted octanol–water partition coefficient (Wildman–Crippen LogP) is 4.89. The third-order valence-electron chi connectivity index (χ3n) is 3.56. The van der Waals surface area contributed by atoms with E-state index in [1.165, 1.54) is 5.56 Å². The van der Waals surface area contributed by atoms with Gasteiger partial charge in [0.25, 0.3) is 0 Å². The van der Waals surface area contributed by atoms with Gasteiger partial charge in [0.05, 0.1) is 10.5 Å². The van der Waals surface area contributed by atoms with Crippen molar-refractivity contribution < 1.29 is 0 Å². The lowest BCUT2D eigenvalue weighted by atomic mass is 9.97. The van der Waals surface area contributed by atoms with Crippen LogP contribution in [0.25, 0.3) is 10.9 Å². The molecule has 0 aliphatic carbocycles. The molecule has 2 aromatic carbocycles. The van der Waals surface area contributed by atoms with Gasteiger partial charge in [0.2, 0.25) is 0 Å². The zero-order valence-corrected chi connectivity index (χ0v) is 13.6. The van der Waals surface area contributed by atoms with Crippen molar-refractivity contribution in [3.8, 4) is 0 Å². The summed E-state index contributed by atoms with van der Waals surface area (Å²) in [6.45, 7) is 0. The molecule has 0 aliphatic rings. The number of rotatable bonds is 3. The Balaban J connectivity index is 1.97. The highest BCUT2D eigenvalue weighted by molar-refractivity contribution is 9.10. The van der Waals surface area contributed by atoms with E-state index in [0.717, 1.165) is 27.4 Å². The molecule has 1 atom stereocenters. The van der Waals surface area contributed by atoms with E-state index < -0.39 is 0 Å². The molecular formula is C17H14BrClN2. The fourth-order valence-corrected chi connectivity index (χ4v) is 3.13. The quantitative estimate of drug-likeness (QED) is 0.721. The Morgan fingerprint density at radius 3 is 2.76 bits per heavy atom. The first-order chi connectivity index (χ1) is 10.2. The third kappa shape index (κ3) is 2.95. The van der Waals surface area contributed by atoms with Crippen LogP contribution in [0.1, 0.15) is 17.2 Å². The number of pyridine rings is 1. The van der Waals surface area contributed by atoms with Gasteiger partial charge in [0.1, 0.15) is 0 Å². The van der Waals surface area contributed by atoms with Crippen molar-refractivity contribution in [1.82, 2.24) is 4.98 Å². The molecule has 21 heavy (non-hydrogen) atoms. The Morgan fingerprint density at radius 1 is 1.10 bits per heavy atom. The Morgan fingerprint density at radius 2 is 1.90 bits per heavy atom. The molecule has 106 valence electrons. The summed E-state index contributed by atoms with van der Waals surface area (Å²) in [5.41, 5.74) is 9.49. The van der Waals surface area contributed by atoms with Crippen molar-refractivity contribution in [2.24, 2.45) is 5.73 Å². The lowest BCUT2D eigenvalue weighted by Crippen LogP contribution is -2.14. The SMILES string of the molecule is NC(Cc1ccnc2ccccc12)c1cccc(Br)c1Cl. The van der Waals surface area contributed by atoms with Crippen LogP contribution in [0.4, 0.5) is 0 Å². The van der Waals surface area contributed by atoms with Gasteiger partial charge in [-0.15, -0.1) is 0 Å². The fourth-order valence-electron chi connectivity index (χ4n) is 2.49. The lowest BCUT2D eigenvalue weighted by molar-refractivity contribution is 0.725. The van der Waals surface area contributed by atoms with Gasteiger partial charge in [0, 0.05) is 22.1 Å². The van der Waals surface area contributed by atoms with E-state index in [-0.39, 0.29) is 6.04 Å². The number of para-hydroxylation sites is 1. The molecule has 3 aromatic rings. The molecule has 0 saturated carbocycles. The molecule has 0 saturated heterocycles. The molecule has 3 rings (SSSR count). The average Bonchev–Trinajstić information content (AvgIpc) is 2.50. The van der Waals surface area contributed by atoms with Crippen LogP contribution >= 0.6 is 27.5 Å². The molecule has 1 aromatic heterocycles. The molecular weight excluding hydrogens is 348 g/mol. The summed E-state index contributed by atoms with van der Waals surface area (Å²) >= 11 is 9.78. The van der Waals surface area contributed by atoms with E-state index in [4.69, 9.17) is 17.3 Å². The lowest BCUT2D eigenvalue weighted by Gasteiger charge is -2.15. The Kier molecular flexibility index (Phi) is 4.24. The maximum Gasteiger partial charge on any atom is 0.0704 e. The summed E-state index contributed by atoms with van der Waals surface area (Å²) in [7, 11) is 0. The van der Waals surface area contributed by atoms with Crippen molar-refractivity contribution in [1.29, 1.82) is 0 Å². The van der Waals surface area contributed by atoms with Crippen LogP contribution in [0.3, 0.4) is 0 Å². The monoisotopic (exact) mass is 360 g/mol. The topological polar surface area (TPSA) is 38.9 Å². The standard InChI is InChI=1S/C17H14BrClN2/c18-14-6-3-5-13(17(14)19)15(20)10-11-8-9-21-16-7-2-1-4-12(11)16/h1-9,15H,10,20H2. The maximum absolute atomic E-state index is 6.36. The van der Waals surface area contributed by atoms with E-state index in [2.05, 4.69) is 27.0 Å². The molecule has 0 radical (unpaired) electrons. The number of benzene rings is 2. The Bertz CT molecular complexity index is 783. The second-order valence-corrected chi connectivity index (χ2v) is 6.17. The van der Waals surface area contributed by atoms with Crippen molar-refractivity contribution >= 4 is 38.4 Å². The largest absolute Gasteiger partial charge is 0.324 e. The maximum atomic E-state index is 6.36. The van der Waals surface area contributed by atoms with Gasteiger partial charge in [0.15, 0.2) is 0 Å². The van der Waals surface area contributed by atoms with Gasteiger partial charge in [-0.3, -0.25) is 4.98 Å². The summed E-state index contributed by atoms with van der Waals surface area (Å²) in [6.07, 6.45) is 2.55. The highest BCUT2D eigenvalue weighted by Gasteiger charge is 2.14. The summed E-state index contributed by atoms with van der Waals surface area (Å²) < 4.78 is 0.872. The molecule has 1 heterocycles. The number of nitrogens with two attached hydrogens (primary N) is 1. The number of aromatic nitrogens is 1. The van der Waals surface area contributed by atoms with Gasteiger partial charge in [-0.2, -0.15) is 0 Å². The summed E-state index contributed by atoms with van der Waals surface area (Å²) in [5, 5.41) is 1.82. The van der Waals surface area contributed by atoms with Crippen LogP contribution in [0.2, 0.25) is 5.02 Å². The van der Waals surface area contributed by atoms with Gasteiger partial charge in [-0.05, 0) is 51.7 Å². The van der Waals surface area contributed by atoms with Crippen LogP contribution in [0.15, 0.2) is 59.2 Å². The van der Waals surface area contributed by atoms with Gasteiger partial charge >= 0.3 is 0 Å². The van der Waals surface area contributed by atoms with Gasteiger partial charge in [-0.1, -0.05) is 41.9 Å². The van der Waals surface area contributed by atoms with Crippen molar-refractivity contribution in [3.05, 3.63) is 75.4 Å². The molecule has 4 heteroatoms. The van der Waals surface area contributed by atoms with E-state index in [9.17, 15) is 0 Å². The molecule has 0 aliphatic heterocycles. The first kappa shape index (κ1) is 14.5. The molecule has 1 unspecified atom stereocenters. The van der Waals surface area contributed by atoms with Crippen LogP contribution < -0.4 is 5.73 Å². The number of halogens is 2. The highest BCUT2D eigenvalue weighted by Crippen LogP contribution is 2.31. The van der Waals surface area contributed by atoms with Crippen LogP contribution in [0, 0.1) is 0 Å². The first-order valence-electron chi connectivity index (χ1n) is 6.69. The van der Waals surface area contributed by atoms with Crippen molar-refractivity contribution in [3.63, 3.8) is 0 Å². The summed E-state index contributed by atoms with van der Waals surface area (Å²) in [6, 6.07) is 15.8. The normalized spacial score (nSPS) is 12.5.